The van der Waals surface area contributed by atoms with E-state index >= 15 is 0 Å². The maximum atomic E-state index is 9.06. The van der Waals surface area contributed by atoms with E-state index in [1.54, 1.807) is 13.2 Å². The van der Waals surface area contributed by atoms with Gasteiger partial charge < -0.3 is 15.2 Å². The molecule has 0 aromatic heterocycles. The molecule has 0 bridgehead atoms. The minimum absolute atomic E-state index is 0.306. The second-order valence-electron chi connectivity index (χ2n) is 3.96. The van der Waals surface area contributed by atoms with E-state index in [1.807, 2.05) is 36.4 Å². The van der Waals surface area contributed by atoms with Crippen molar-refractivity contribution in [2.75, 3.05) is 12.8 Å². The zero-order valence-corrected chi connectivity index (χ0v) is 10.6. The molecule has 2 aromatic rings. The van der Waals surface area contributed by atoms with E-state index in [0.717, 1.165) is 11.3 Å². The lowest BCUT2D eigenvalue weighted by Gasteiger charge is -2.09. The third kappa shape index (κ3) is 2.96. The molecule has 0 saturated carbocycles. The van der Waals surface area contributed by atoms with Gasteiger partial charge in [-0.1, -0.05) is 12.1 Å². The average molecular weight is 254 g/mol. The number of nitrogen functional groups attached to an aromatic ring is 1. The molecule has 0 spiro atoms. The molecule has 2 aromatic carbocycles. The van der Waals surface area contributed by atoms with Crippen molar-refractivity contribution in [3.8, 4) is 17.6 Å². The SMILES string of the molecule is COc1ccc(OCc2cccc(N)c2C#N)cc1. The number of anilines is 1. The number of nitrogens with two attached hydrogens (primary N) is 1. The van der Waals surface area contributed by atoms with Gasteiger partial charge in [-0.3, -0.25) is 0 Å². The van der Waals surface area contributed by atoms with E-state index in [-0.39, 0.29) is 0 Å². The van der Waals surface area contributed by atoms with Gasteiger partial charge in [-0.15, -0.1) is 0 Å². The molecule has 0 aliphatic heterocycles. The van der Waals surface area contributed by atoms with Crippen molar-refractivity contribution in [2.24, 2.45) is 0 Å². The third-order valence-electron chi connectivity index (χ3n) is 2.75. The molecular formula is C15H14N2O2. The summed E-state index contributed by atoms with van der Waals surface area (Å²) in [6.07, 6.45) is 0. The van der Waals surface area contributed by atoms with Crippen LogP contribution >= 0.6 is 0 Å². The first-order chi connectivity index (χ1) is 9.24. The summed E-state index contributed by atoms with van der Waals surface area (Å²) in [5.74, 6) is 1.49. The van der Waals surface area contributed by atoms with Gasteiger partial charge in [0.15, 0.2) is 0 Å². The zero-order valence-electron chi connectivity index (χ0n) is 10.6. The Labute approximate surface area is 112 Å². The van der Waals surface area contributed by atoms with Gasteiger partial charge in [0.25, 0.3) is 0 Å². The van der Waals surface area contributed by atoms with Gasteiger partial charge in [0.1, 0.15) is 24.2 Å². The van der Waals surface area contributed by atoms with Gasteiger partial charge in [-0.2, -0.15) is 5.26 Å². The number of nitrogens with zero attached hydrogens (tertiary/aromatic N) is 1. The summed E-state index contributed by atoms with van der Waals surface area (Å²) in [5.41, 5.74) is 7.46. The fraction of sp³-hybridized carbons (Fsp3) is 0.133. The summed E-state index contributed by atoms with van der Waals surface area (Å²) in [4.78, 5) is 0. The van der Waals surface area contributed by atoms with Crippen molar-refractivity contribution in [3.05, 3.63) is 53.6 Å². The van der Waals surface area contributed by atoms with Gasteiger partial charge in [0, 0.05) is 11.3 Å². The van der Waals surface area contributed by atoms with Gasteiger partial charge in [-0.05, 0) is 30.3 Å². The maximum Gasteiger partial charge on any atom is 0.120 e. The molecule has 0 radical (unpaired) electrons. The van der Waals surface area contributed by atoms with Crippen LogP contribution in [0.5, 0.6) is 11.5 Å². The minimum Gasteiger partial charge on any atom is -0.497 e. The topological polar surface area (TPSA) is 68.3 Å². The lowest BCUT2D eigenvalue weighted by molar-refractivity contribution is 0.305. The second kappa shape index (κ2) is 5.78. The van der Waals surface area contributed by atoms with Crippen LogP contribution in [0.1, 0.15) is 11.1 Å². The molecule has 0 aliphatic carbocycles. The number of rotatable bonds is 4. The molecule has 2 rings (SSSR count). The Balaban J connectivity index is 2.10. The number of hydrogen-bond donors (Lipinski definition) is 1. The van der Waals surface area contributed by atoms with Crippen molar-refractivity contribution < 1.29 is 9.47 Å². The predicted molar refractivity (Wildman–Crippen MR) is 72.9 cm³/mol. The van der Waals surface area contributed by atoms with Gasteiger partial charge >= 0.3 is 0 Å². The molecule has 0 unspecified atom stereocenters. The van der Waals surface area contributed by atoms with E-state index in [1.165, 1.54) is 0 Å². The molecule has 0 heterocycles. The molecule has 4 heteroatoms. The van der Waals surface area contributed by atoms with Crippen molar-refractivity contribution in [2.45, 2.75) is 6.61 Å². The molecule has 4 nitrogen and oxygen atoms in total. The number of nitriles is 1. The van der Waals surface area contributed by atoms with E-state index in [4.69, 9.17) is 20.5 Å². The summed E-state index contributed by atoms with van der Waals surface area (Å²) in [6.45, 7) is 0.306. The van der Waals surface area contributed by atoms with Crippen LogP contribution in [0.2, 0.25) is 0 Å². The van der Waals surface area contributed by atoms with Gasteiger partial charge in [0.2, 0.25) is 0 Å². The van der Waals surface area contributed by atoms with Gasteiger partial charge in [-0.25, -0.2) is 0 Å². The predicted octanol–water partition coefficient (Wildman–Crippen LogP) is 2.73. The zero-order chi connectivity index (χ0) is 13.7. The lowest BCUT2D eigenvalue weighted by atomic mass is 10.1. The Morgan fingerprint density at radius 1 is 1.11 bits per heavy atom. The molecule has 0 saturated heterocycles. The normalized spacial score (nSPS) is 9.68. The number of benzene rings is 2. The van der Waals surface area contributed by atoms with Crippen LogP contribution in [0, 0.1) is 11.3 Å². The molecule has 0 fully saturated rings. The van der Waals surface area contributed by atoms with Crippen LogP contribution in [0.4, 0.5) is 5.69 Å². The highest BCUT2D eigenvalue weighted by atomic mass is 16.5. The summed E-state index contributed by atoms with van der Waals surface area (Å²) in [7, 11) is 1.61. The Hall–Kier alpha value is -2.67. The standard InChI is InChI=1S/C15H14N2O2/c1-18-12-5-7-13(8-6-12)19-10-11-3-2-4-15(17)14(11)9-16/h2-8H,10,17H2,1H3. The number of methoxy groups -OCH3 is 1. The van der Waals surface area contributed by atoms with E-state index < -0.39 is 0 Å². The Bertz CT molecular complexity index is 601. The second-order valence-corrected chi connectivity index (χ2v) is 3.96. The van der Waals surface area contributed by atoms with Crippen LogP contribution in [0.3, 0.4) is 0 Å². The molecule has 0 aliphatic rings. The van der Waals surface area contributed by atoms with Crippen LogP contribution < -0.4 is 15.2 Å². The van der Waals surface area contributed by atoms with Crippen molar-refractivity contribution in [3.63, 3.8) is 0 Å². The van der Waals surface area contributed by atoms with E-state index in [0.29, 0.717) is 23.6 Å². The van der Waals surface area contributed by atoms with Crippen LogP contribution in [0.25, 0.3) is 0 Å². The molecular weight excluding hydrogens is 240 g/mol. The summed E-state index contributed by atoms with van der Waals surface area (Å²) < 4.78 is 10.7. The first-order valence-electron chi connectivity index (χ1n) is 5.79. The maximum absolute atomic E-state index is 9.06. The Kier molecular flexibility index (Phi) is 3.89. The fourth-order valence-electron chi connectivity index (χ4n) is 1.71. The Morgan fingerprint density at radius 2 is 1.79 bits per heavy atom. The first kappa shape index (κ1) is 12.8. The molecule has 19 heavy (non-hydrogen) atoms. The molecule has 96 valence electrons. The largest absolute Gasteiger partial charge is 0.497 e. The fourth-order valence-corrected chi connectivity index (χ4v) is 1.71. The van der Waals surface area contributed by atoms with Crippen LogP contribution in [0.15, 0.2) is 42.5 Å². The molecule has 0 amide bonds. The molecule has 0 atom stereocenters. The smallest absolute Gasteiger partial charge is 0.120 e. The third-order valence-corrected chi connectivity index (χ3v) is 2.75. The minimum atomic E-state index is 0.306. The summed E-state index contributed by atoms with van der Waals surface area (Å²) in [5, 5.41) is 9.06. The summed E-state index contributed by atoms with van der Waals surface area (Å²) >= 11 is 0. The Morgan fingerprint density at radius 3 is 2.42 bits per heavy atom. The monoisotopic (exact) mass is 254 g/mol. The van der Waals surface area contributed by atoms with Crippen molar-refractivity contribution in [1.29, 1.82) is 5.26 Å². The lowest BCUT2D eigenvalue weighted by Crippen LogP contribution is -2.01. The van der Waals surface area contributed by atoms with Gasteiger partial charge in [0.05, 0.1) is 12.7 Å². The quantitative estimate of drug-likeness (QED) is 0.852. The summed E-state index contributed by atoms with van der Waals surface area (Å²) in [6, 6.07) is 14.7. The highest BCUT2D eigenvalue weighted by Crippen LogP contribution is 2.20. The first-order valence-corrected chi connectivity index (χ1v) is 5.79. The van der Waals surface area contributed by atoms with Crippen molar-refractivity contribution >= 4 is 5.69 Å². The highest BCUT2D eigenvalue weighted by molar-refractivity contribution is 5.57. The van der Waals surface area contributed by atoms with E-state index in [9.17, 15) is 0 Å². The number of ether oxygens (including phenoxy) is 2. The van der Waals surface area contributed by atoms with Crippen LogP contribution in [-0.4, -0.2) is 7.11 Å². The molecule has 2 N–H and O–H groups in total. The average Bonchev–Trinajstić information content (AvgIpc) is 2.45. The van der Waals surface area contributed by atoms with E-state index in [2.05, 4.69) is 6.07 Å². The van der Waals surface area contributed by atoms with Crippen molar-refractivity contribution in [1.82, 2.24) is 0 Å². The van der Waals surface area contributed by atoms with Crippen LogP contribution in [-0.2, 0) is 6.61 Å². The highest BCUT2D eigenvalue weighted by Gasteiger charge is 2.06. The number of hydrogen-bond acceptors (Lipinski definition) is 4.